The molecule has 1 amide bonds. The first-order chi connectivity index (χ1) is 8.25. The number of hydrogen-bond donors (Lipinski definition) is 1. The van der Waals surface area contributed by atoms with Crippen LogP contribution in [0.1, 0.15) is 12.5 Å². The predicted molar refractivity (Wildman–Crippen MR) is 72.9 cm³/mol. The molecular formula is C13H19ClN2O2. The molecule has 5 heteroatoms. The molecule has 1 fully saturated rings. The van der Waals surface area contributed by atoms with Crippen molar-refractivity contribution in [2.45, 2.75) is 19.6 Å². The average molecular weight is 271 g/mol. The summed E-state index contributed by atoms with van der Waals surface area (Å²) >= 11 is 0. The number of benzene rings is 1. The van der Waals surface area contributed by atoms with Crippen molar-refractivity contribution in [3.05, 3.63) is 35.9 Å². The van der Waals surface area contributed by atoms with E-state index in [1.807, 2.05) is 30.3 Å². The summed E-state index contributed by atoms with van der Waals surface area (Å²) in [6, 6.07) is 10.1. The van der Waals surface area contributed by atoms with Crippen molar-refractivity contribution in [3.63, 3.8) is 0 Å². The third kappa shape index (κ3) is 4.20. The first-order valence-electron chi connectivity index (χ1n) is 5.95. The largest absolute Gasteiger partial charge is 0.445 e. The molecule has 1 aromatic rings. The second-order valence-electron chi connectivity index (χ2n) is 4.34. The molecule has 0 aromatic heterocycles. The monoisotopic (exact) mass is 270 g/mol. The van der Waals surface area contributed by atoms with Gasteiger partial charge in [0, 0.05) is 25.7 Å². The van der Waals surface area contributed by atoms with Gasteiger partial charge in [-0.25, -0.2) is 4.79 Å². The van der Waals surface area contributed by atoms with Gasteiger partial charge in [-0.15, -0.1) is 12.4 Å². The van der Waals surface area contributed by atoms with Crippen molar-refractivity contribution in [2.24, 2.45) is 0 Å². The van der Waals surface area contributed by atoms with Gasteiger partial charge in [0.2, 0.25) is 0 Å². The summed E-state index contributed by atoms with van der Waals surface area (Å²) in [4.78, 5) is 13.5. The predicted octanol–water partition coefficient (Wildman–Crippen LogP) is 2.04. The molecule has 0 saturated carbocycles. The third-order valence-electron chi connectivity index (χ3n) is 2.83. The summed E-state index contributed by atoms with van der Waals surface area (Å²) in [5, 5.41) is 3.29. The van der Waals surface area contributed by atoms with E-state index in [4.69, 9.17) is 4.74 Å². The van der Waals surface area contributed by atoms with Crippen molar-refractivity contribution in [2.75, 3.05) is 19.6 Å². The molecule has 1 aliphatic rings. The number of hydrogen-bond acceptors (Lipinski definition) is 3. The molecule has 1 atom stereocenters. The van der Waals surface area contributed by atoms with Gasteiger partial charge in [-0.3, -0.25) is 0 Å². The third-order valence-corrected chi connectivity index (χ3v) is 2.83. The molecule has 0 radical (unpaired) electrons. The van der Waals surface area contributed by atoms with Crippen molar-refractivity contribution < 1.29 is 9.53 Å². The zero-order valence-electron chi connectivity index (χ0n) is 10.5. The molecule has 0 aliphatic carbocycles. The fourth-order valence-corrected chi connectivity index (χ4v) is 1.91. The molecule has 4 nitrogen and oxygen atoms in total. The van der Waals surface area contributed by atoms with Crippen LogP contribution < -0.4 is 5.32 Å². The van der Waals surface area contributed by atoms with Gasteiger partial charge in [0.25, 0.3) is 0 Å². The minimum atomic E-state index is -0.220. The van der Waals surface area contributed by atoms with Crippen LogP contribution in [-0.4, -0.2) is 36.7 Å². The standard InChI is InChI=1S/C13H18N2O2.ClH/c1-11-9-15(8-7-14-11)13(16)17-10-12-5-3-2-4-6-12;/h2-6,11,14H,7-10H2,1H3;1H/t11-;/m1./s1. The molecule has 100 valence electrons. The van der Waals surface area contributed by atoms with Crippen LogP contribution in [0.2, 0.25) is 0 Å². The van der Waals surface area contributed by atoms with Gasteiger partial charge >= 0.3 is 6.09 Å². The Bertz CT molecular complexity index is 373. The van der Waals surface area contributed by atoms with Crippen LogP contribution in [0.3, 0.4) is 0 Å². The van der Waals surface area contributed by atoms with Crippen molar-refractivity contribution >= 4 is 18.5 Å². The zero-order valence-corrected chi connectivity index (χ0v) is 11.3. The number of carbonyl (C=O) groups is 1. The smallest absolute Gasteiger partial charge is 0.410 e. The number of nitrogens with zero attached hydrogens (tertiary/aromatic N) is 1. The van der Waals surface area contributed by atoms with Crippen LogP contribution in [0.15, 0.2) is 30.3 Å². The molecule has 0 bridgehead atoms. The van der Waals surface area contributed by atoms with E-state index < -0.39 is 0 Å². The highest BCUT2D eigenvalue weighted by atomic mass is 35.5. The van der Waals surface area contributed by atoms with Gasteiger partial charge in [-0.1, -0.05) is 30.3 Å². The lowest BCUT2D eigenvalue weighted by Crippen LogP contribution is -2.51. The summed E-state index contributed by atoms with van der Waals surface area (Å²) in [5.41, 5.74) is 1.02. The van der Waals surface area contributed by atoms with Crippen LogP contribution >= 0.6 is 12.4 Å². The number of ether oxygens (including phenoxy) is 1. The molecule has 0 unspecified atom stereocenters. The Labute approximate surface area is 114 Å². The maximum Gasteiger partial charge on any atom is 0.410 e. The molecule has 0 spiro atoms. The Kier molecular flexibility index (Phi) is 5.95. The quantitative estimate of drug-likeness (QED) is 0.894. The molecule has 1 N–H and O–H groups in total. The summed E-state index contributed by atoms with van der Waals surface area (Å²) in [6.45, 7) is 4.68. The van der Waals surface area contributed by atoms with E-state index in [-0.39, 0.29) is 18.5 Å². The van der Waals surface area contributed by atoms with E-state index in [2.05, 4.69) is 12.2 Å². The van der Waals surface area contributed by atoms with E-state index in [1.165, 1.54) is 0 Å². The Balaban J connectivity index is 0.00000162. The van der Waals surface area contributed by atoms with E-state index >= 15 is 0 Å². The van der Waals surface area contributed by atoms with Gasteiger partial charge < -0.3 is 15.0 Å². The molecule has 1 saturated heterocycles. The Hall–Kier alpha value is -1.26. The molecule has 1 heterocycles. The lowest BCUT2D eigenvalue weighted by molar-refractivity contribution is 0.0862. The van der Waals surface area contributed by atoms with Crippen LogP contribution in [-0.2, 0) is 11.3 Å². The minimum Gasteiger partial charge on any atom is -0.445 e. The SMILES string of the molecule is C[C@@H]1CN(C(=O)OCc2ccccc2)CCN1.Cl. The summed E-state index contributed by atoms with van der Waals surface area (Å²) < 4.78 is 5.28. The van der Waals surface area contributed by atoms with Crippen molar-refractivity contribution in [1.82, 2.24) is 10.2 Å². The van der Waals surface area contributed by atoms with Gasteiger partial charge in [0.15, 0.2) is 0 Å². The molecular weight excluding hydrogens is 252 g/mol. The molecule has 2 rings (SSSR count). The fraction of sp³-hybridized carbons (Fsp3) is 0.462. The van der Waals surface area contributed by atoms with Crippen LogP contribution in [0.5, 0.6) is 0 Å². The molecule has 1 aromatic carbocycles. The van der Waals surface area contributed by atoms with Crippen molar-refractivity contribution in [3.8, 4) is 0 Å². The molecule has 18 heavy (non-hydrogen) atoms. The summed E-state index contributed by atoms with van der Waals surface area (Å²) in [7, 11) is 0. The Morgan fingerprint density at radius 1 is 1.44 bits per heavy atom. The van der Waals surface area contributed by atoms with E-state index in [0.29, 0.717) is 19.2 Å². The first kappa shape index (κ1) is 14.8. The number of rotatable bonds is 2. The van der Waals surface area contributed by atoms with E-state index in [0.717, 1.165) is 18.7 Å². The summed E-state index contributed by atoms with van der Waals surface area (Å²) in [5.74, 6) is 0. The van der Waals surface area contributed by atoms with Crippen LogP contribution in [0.25, 0.3) is 0 Å². The highest BCUT2D eigenvalue weighted by Gasteiger charge is 2.21. The second kappa shape index (κ2) is 7.24. The lowest BCUT2D eigenvalue weighted by atomic mass is 10.2. The zero-order chi connectivity index (χ0) is 12.1. The minimum absolute atomic E-state index is 0. The van der Waals surface area contributed by atoms with Crippen molar-refractivity contribution in [1.29, 1.82) is 0 Å². The fourth-order valence-electron chi connectivity index (χ4n) is 1.91. The Morgan fingerprint density at radius 3 is 2.83 bits per heavy atom. The first-order valence-corrected chi connectivity index (χ1v) is 5.95. The Morgan fingerprint density at radius 2 is 2.17 bits per heavy atom. The maximum absolute atomic E-state index is 11.8. The van der Waals surface area contributed by atoms with Gasteiger partial charge in [0.1, 0.15) is 6.61 Å². The summed E-state index contributed by atoms with van der Waals surface area (Å²) in [6.07, 6.45) is -0.220. The number of halogens is 1. The van der Waals surface area contributed by atoms with E-state index in [1.54, 1.807) is 4.90 Å². The number of nitrogens with one attached hydrogen (secondary N) is 1. The van der Waals surface area contributed by atoms with Gasteiger partial charge in [-0.2, -0.15) is 0 Å². The number of amides is 1. The average Bonchev–Trinajstić information content (AvgIpc) is 2.37. The number of piperazine rings is 1. The molecule has 1 aliphatic heterocycles. The van der Waals surface area contributed by atoms with Gasteiger partial charge in [-0.05, 0) is 12.5 Å². The normalized spacial score (nSPS) is 18.9. The topological polar surface area (TPSA) is 41.6 Å². The van der Waals surface area contributed by atoms with Crippen LogP contribution in [0, 0.1) is 0 Å². The maximum atomic E-state index is 11.8. The van der Waals surface area contributed by atoms with Gasteiger partial charge in [0.05, 0.1) is 0 Å². The second-order valence-corrected chi connectivity index (χ2v) is 4.34. The lowest BCUT2D eigenvalue weighted by Gasteiger charge is -2.31. The highest BCUT2D eigenvalue weighted by Crippen LogP contribution is 2.05. The van der Waals surface area contributed by atoms with E-state index in [9.17, 15) is 4.79 Å². The van der Waals surface area contributed by atoms with Crippen LogP contribution in [0.4, 0.5) is 4.79 Å². The highest BCUT2D eigenvalue weighted by molar-refractivity contribution is 5.85. The number of carbonyl (C=O) groups excluding carboxylic acids is 1.